The molecule has 19 heavy (non-hydrogen) atoms. The smallest absolute Gasteiger partial charge is 0.118 e. The molecule has 0 aliphatic rings. The summed E-state index contributed by atoms with van der Waals surface area (Å²) in [6, 6.07) is 8.22. The molecule has 1 aromatic heterocycles. The molecule has 0 aliphatic heterocycles. The maximum Gasteiger partial charge on any atom is 0.118 e. The maximum atomic E-state index is 5.14. The van der Waals surface area contributed by atoms with Gasteiger partial charge in [-0.3, -0.25) is 4.68 Å². The van der Waals surface area contributed by atoms with Gasteiger partial charge >= 0.3 is 0 Å². The Bertz CT molecular complexity index is 490. The van der Waals surface area contributed by atoms with Crippen molar-refractivity contribution < 1.29 is 4.74 Å². The first-order valence-electron chi connectivity index (χ1n) is 6.60. The third kappa shape index (κ3) is 4.41. The number of hydrogen-bond donors (Lipinski definition) is 1. The van der Waals surface area contributed by atoms with Crippen LogP contribution in [-0.4, -0.2) is 30.0 Å². The van der Waals surface area contributed by atoms with Crippen molar-refractivity contribution in [2.24, 2.45) is 0 Å². The van der Waals surface area contributed by atoms with Crippen molar-refractivity contribution in [3.05, 3.63) is 47.8 Å². The SMILES string of the molecule is COc1ccc(CCNCCn2cc(C)cn2)cc1. The summed E-state index contributed by atoms with van der Waals surface area (Å²) in [6.45, 7) is 4.89. The molecule has 102 valence electrons. The number of ether oxygens (including phenoxy) is 1. The molecule has 0 spiro atoms. The van der Waals surface area contributed by atoms with Gasteiger partial charge < -0.3 is 10.1 Å². The van der Waals surface area contributed by atoms with Crippen LogP contribution in [0.25, 0.3) is 0 Å². The van der Waals surface area contributed by atoms with Crippen molar-refractivity contribution in [1.82, 2.24) is 15.1 Å². The van der Waals surface area contributed by atoms with Crippen molar-refractivity contribution in [2.75, 3.05) is 20.2 Å². The molecule has 2 aromatic rings. The average Bonchev–Trinajstić information content (AvgIpc) is 2.85. The zero-order chi connectivity index (χ0) is 13.5. The topological polar surface area (TPSA) is 39.1 Å². The highest BCUT2D eigenvalue weighted by Crippen LogP contribution is 2.11. The third-order valence-corrected chi connectivity index (χ3v) is 3.03. The second kappa shape index (κ2) is 6.95. The minimum absolute atomic E-state index is 0.908. The van der Waals surface area contributed by atoms with Crippen molar-refractivity contribution in [3.8, 4) is 5.75 Å². The van der Waals surface area contributed by atoms with E-state index in [-0.39, 0.29) is 0 Å². The Morgan fingerprint density at radius 2 is 2.00 bits per heavy atom. The van der Waals surface area contributed by atoms with Gasteiger partial charge in [0.15, 0.2) is 0 Å². The summed E-state index contributed by atoms with van der Waals surface area (Å²) in [5.41, 5.74) is 2.53. The number of nitrogens with zero attached hydrogens (tertiary/aromatic N) is 2. The summed E-state index contributed by atoms with van der Waals surface area (Å²) < 4.78 is 7.11. The summed E-state index contributed by atoms with van der Waals surface area (Å²) in [4.78, 5) is 0. The van der Waals surface area contributed by atoms with E-state index in [1.807, 2.05) is 23.0 Å². The Labute approximate surface area is 114 Å². The molecular formula is C15H21N3O. The van der Waals surface area contributed by atoms with Crippen LogP contribution in [0.2, 0.25) is 0 Å². The highest BCUT2D eigenvalue weighted by molar-refractivity contribution is 5.27. The van der Waals surface area contributed by atoms with Crippen molar-refractivity contribution >= 4 is 0 Å². The molecule has 0 radical (unpaired) electrons. The van der Waals surface area contributed by atoms with E-state index in [1.54, 1.807) is 7.11 Å². The first-order chi connectivity index (χ1) is 9.28. The van der Waals surface area contributed by atoms with Gasteiger partial charge in [-0.15, -0.1) is 0 Å². The molecule has 0 atom stereocenters. The Morgan fingerprint density at radius 3 is 2.63 bits per heavy atom. The fraction of sp³-hybridized carbons (Fsp3) is 0.400. The molecule has 0 bridgehead atoms. The van der Waals surface area contributed by atoms with Gasteiger partial charge in [-0.05, 0) is 43.1 Å². The van der Waals surface area contributed by atoms with Gasteiger partial charge in [0.25, 0.3) is 0 Å². The van der Waals surface area contributed by atoms with Gasteiger partial charge in [-0.2, -0.15) is 5.10 Å². The Morgan fingerprint density at radius 1 is 1.21 bits per heavy atom. The second-order valence-electron chi connectivity index (χ2n) is 4.63. The van der Waals surface area contributed by atoms with E-state index in [0.717, 1.165) is 31.8 Å². The van der Waals surface area contributed by atoms with Crippen molar-refractivity contribution in [2.45, 2.75) is 19.9 Å². The first-order valence-corrected chi connectivity index (χ1v) is 6.60. The normalized spacial score (nSPS) is 10.6. The number of rotatable bonds is 7. The lowest BCUT2D eigenvalue weighted by Gasteiger charge is -2.06. The molecule has 4 nitrogen and oxygen atoms in total. The Kier molecular flexibility index (Phi) is 4.98. The molecule has 1 N–H and O–H groups in total. The van der Waals surface area contributed by atoms with Gasteiger partial charge in [-0.1, -0.05) is 12.1 Å². The van der Waals surface area contributed by atoms with Crippen LogP contribution in [-0.2, 0) is 13.0 Å². The molecule has 0 saturated heterocycles. The lowest BCUT2D eigenvalue weighted by Crippen LogP contribution is -2.22. The minimum atomic E-state index is 0.908. The number of aromatic nitrogens is 2. The molecule has 0 aliphatic carbocycles. The Balaban J connectivity index is 1.63. The molecule has 1 aromatic carbocycles. The number of nitrogens with one attached hydrogen (secondary N) is 1. The molecule has 4 heteroatoms. The lowest BCUT2D eigenvalue weighted by atomic mass is 10.1. The van der Waals surface area contributed by atoms with Crippen LogP contribution in [0.4, 0.5) is 0 Å². The van der Waals surface area contributed by atoms with E-state index in [1.165, 1.54) is 11.1 Å². The summed E-state index contributed by atoms with van der Waals surface area (Å²) >= 11 is 0. The van der Waals surface area contributed by atoms with Gasteiger partial charge in [0.2, 0.25) is 0 Å². The van der Waals surface area contributed by atoms with Gasteiger partial charge in [0.1, 0.15) is 5.75 Å². The summed E-state index contributed by atoms with van der Waals surface area (Å²) in [7, 11) is 1.69. The van der Waals surface area contributed by atoms with Crippen molar-refractivity contribution in [1.29, 1.82) is 0 Å². The largest absolute Gasteiger partial charge is 0.497 e. The first kappa shape index (κ1) is 13.6. The van der Waals surface area contributed by atoms with Crippen LogP contribution in [0.15, 0.2) is 36.7 Å². The van der Waals surface area contributed by atoms with E-state index >= 15 is 0 Å². The predicted octanol–water partition coefficient (Wildman–Crippen LogP) is 2.03. The van der Waals surface area contributed by atoms with E-state index in [4.69, 9.17) is 4.74 Å². The number of hydrogen-bond acceptors (Lipinski definition) is 3. The van der Waals surface area contributed by atoms with Gasteiger partial charge in [0, 0.05) is 12.7 Å². The lowest BCUT2D eigenvalue weighted by molar-refractivity contribution is 0.414. The van der Waals surface area contributed by atoms with E-state index in [0.29, 0.717) is 0 Å². The van der Waals surface area contributed by atoms with Crippen LogP contribution in [0.3, 0.4) is 0 Å². The zero-order valence-corrected chi connectivity index (χ0v) is 11.6. The maximum absolute atomic E-state index is 5.14. The average molecular weight is 259 g/mol. The third-order valence-electron chi connectivity index (χ3n) is 3.03. The standard InChI is InChI=1S/C15H21N3O/c1-13-11-17-18(12-13)10-9-16-8-7-14-3-5-15(19-2)6-4-14/h3-6,11-12,16H,7-10H2,1-2H3. The number of methoxy groups -OCH3 is 1. The predicted molar refractivity (Wildman–Crippen MR) is 76.5 cm³/mol. The van der Waals surface area contributed by atoms with Crippen LogP contribution < -0.4 is 10.1 Å². The van der Waals surface area contributed by atoms with Crippen molar-refractivity contribution in [3.63, 3.8) is 0 Å². The molecular weight excluding hydrogens is 238 g/mol. The number of benzene rings is 1. The fourth-order valence-corrected chi connectivity index (χ4v) is 1.93. The monoisotopic (exact) mass is 259 g/mol. The fourth-order valence-electron chi connectivity index (χ4n) is 1.93. The van der Waals surface area contributed by atoms with Crippen LogP contribution >= 0.6 is 0 Å². The van der Waals surface area contributed by atoms with Crippen LogP contribution in [0.1, 0.15) is 11.1 Å². The highest BCUT2D eigenvalue weighted by atomic mass is 16.5. The minimum Gasteiger partial charge on any atom is -0.497 e. The van der Waals surface area contributed by atoms with E-state index in [2.05, 4.69) is 35.7 Å². The quantitative estimate of drug-likeness (QED) is 0.773. The van der Waals surface area contributed by atoms with E-state index in [9.17, 15) is 0 Å². The molecule has 1 heterocycles. The van der Waals surface area contributed by atoms with Gasteiger partial charge in [-0.25, -0.2) is 0 Å². The molecule has 2 rings (SSSR count). The summed E-state index contributed by atoms with van der Waals surface area (Å²) in [5.74, 6) is 0.908. The highest BCUT2D eigenvalue weighted by Gasteiger charge is 1.96. The van der Waals surface area contributed by atoms with E-state index < -0.39 is 0 Å². The second-order valence-corrected chi connectivity index (χ2v) is 4.63. The zero-order valence-electron chi connectivity index (χ0n) is 11.6. The summed E-state index contributed by atoms with van der Waals surface area (Å²) in [6.07, 6.45) is 4.98. The Hall–Kier alpha value is -1.81. The van der Waals surface area contributed by atoms with Gasteiger partial charge in [0.05, 0.1) is 19.9 Å². The molecule has 0 unspecified atom stereocenters. The molecule has 0 fully saturated rings. The van der Waals surface area contributed by atoms with Crippen LogP contribution in [0, 0.1) is 6.92 Å². The number of aryl methyl sites for hydroxylation is 1. The molecule has 0 amide bonds. The summed E-state index contributed by atoms with van der Waals surface area (Å²) in [5, 5.41) is 7.68. The molecule has 0 saturated carbocycles. The van der Waals surface area contributed by atoms with Crippen LogP contribution in [0.5, 0.6) is 5.75 Å².